The van der Waals surface area contributed by atoms with Crippen molar-refractivity contribution in [3.05, 3.63) is 48.2 Å². The lowest BCUT2D eigenvalue weighted by molar-refractivity contribution is -0.117. The Labute approximate surface area is 163 Å². The molecule has 1 aliphatic rings. The lowest BCUT2D eigenvalue weighted by atomic mass is 10.0. The van der Waals surface area contributed by atoms with Crippen LogP contribution in [-0.4, -0.2) is 15.9 Å². The number of hydrogen-bond donors (Lipinski definition) is 2. The molecule has 6 heteroatoms. The molecule has 28 heavy (non-hydrogen) atoms. The van der Waals surface area contributed by atoms with Gasteiger partial charge in [-0.15, -0.1) is 0 Å². The van der Waals surface area contributed by atoms with Gasteiger partial charge >= 0.3 is 0 Å². The molecule has 3 aromatic rings. The third-order valence-electron chi connectivity index (χ3n) is 5.61. The van der Waals surface area contributed by atoms with Crippen LogP contribution in [-0.2, 0) is 4.79 Å². The number of carbonyl (C=O) groups is 1. The first-order valence-electron chi connectivity index (χ1n) is 9.29. The van der Waals surface area contributed by atoms with Crippen molar-refractivity contribution in [2.75, 3.05) is 11.1 Å². The minimum atomic E-state index is -0.123. The van der Waals surface area contributed by atoms with Crippen molar-refractivity contribution in [1.29, 1.82) is 5.26 Å². The molecule has 0 bridgehead atoms. The number of hydrogen-bond acceptors (Lipinski definition) is 5. The normalized spacial score (nSPS) is 20.5. The van der Waals surface area contributed by atoms with E-state index in [4.69, 9.17) is 11.0 Å². The first-order chi connectivity index (χ1) is 13.5. The highest BCUT2D eigenvalue weighted by Crippen LogP contribution is 2.48. The fraction of sp³-hybridized carbons (Fsp3) is 0.273. The number of anilines is 2. The van der Waals surface area contributed by atoms with Crippen LogP contribution in [0, 0.1) is 36.0 Å². The number of amides is 1. The molecule has 1 aliphatic carbocycles. The highest BCUT2D eigenvalue weighted by Gasteiger charge is 2.51. The van der Waals surface area contributed by atoms with Crippen molar-refractivity contribution >= 4 is 28.3 Å². The van der Waals surface area contributed by atoms with Crippen LogP contribution in [0.3, 0.4) is 0 Å². The Balaban J connectivity index is 1.64. The molecule has 3 atom stereocenters. The first-order valence-corrected chi connectivity index (χ1v) is 9.29. The zero-order valence-electron chi connectivity index (χ0n) is 15.8. The molecule has 4 rings (SSSR count). The molecule has 140 valence electrons. The van der Waals surface area contributed by atoms with Gasteiger partial charge in [0.1, 0.15) is 11.6 Å². The number of nitriles is 1. The van der Waals surface area contributed by atoms with E-state index in [2.05, 4.69) is 21.4 Å². The van der Waals surface area contributed by atoms with Gasteiger partial charge < -0.3 is 11.1 Å². The van der Waals surface area contributed by atoms with Crippen LogP contribution in [0.15, 0.2) is 42.6 Å². The number of aryl methyl sites for hydroxylation is 1. The topological polar surface area (TPSA) is 105 Å². The number of nitrogens with one attached hydrogen (secondary N) is 1. The Hall–Kier alpha value is -3.46. The molecule has 2 aromatic heterocycles. The Kier molecular flexibility index (Phi) is 4.44. The summed E-state index contributed by atoms with van der Waals surface area (Å²) in [6, 6.07) is 13.9. The summed E-state index contributed by atoms with van der Waals surface area (Å²) in [5.41, 5.74) is 9.07. The fourth-order valence-corrected chi connectivity index (χ4v) is 3.85. The SMILES string of the molecule is Cc1ccccc1-c1cc2cc(NC(=O)[C@H]3[C@@H](C)[C@@H]3CC#N)ncc2c(N)n1. The molecule has 3 N–H and O–H groups in total. The van der Waals surface area contributed by atoms with Gasteiger partial charge in [0.15, 0.2) is 0 Å². The highest BCUT2D eigenvalue weighted by molar-refractivity contribution is 5.98. The predicted molar refractivity (Wildman–Crippen MR) is 109 cm³/mol. The molecule has 6 nitrogen and oxygen atoms in total. The predicted octanol–water partition coefficient (Wildman–Crippen LogP) is 3.92. The van der Waals surface area contributed by atoms with E-state index in [0.717, 1.165) is 27.6 Å². The summed E-state index contributed by atoms with van der Waals surface area (Å²) in [5, 5.41) is 13.4. The van der Waals surface area contributed by atoms with Crippen LogP contribution in [0.25, 0.3) is 22.0 Å². The molecule has 0 aliphatic heterocycles. The first kappa shape index (κ1) is 17.9. The van der Waals surface area contributed by atoms with Crippen molar-refractivity contribution in [3.63, 3.8) is 0 Å². The molecular weight excluding hydrogens is 350 g/mol. The average Bonchev–Trinajstić information content (AvgIpc) is 3.31. The van der Waals surface area contributed by atoms with Crippen LogP contribution in [0.5, 0.6) is 0 Å². The molecule has 1 fully saturated rings. The van der Waals surface area contributed by atoms with Crippen molar-refractivity contribution in [3.8, 4) is 17.3 Å². The van der Waals surface area contributed by atoms with Gasteiger partial charge in [0.05, 0.1) is 11.8 Å². The van der Waals surface area contributed by atoms with E-state index < -0.39 is 0 Å². The second-order valence-corrected chi connectivity index (χ2v) is 7.40. The van der Waals surface area contributed by atoms with E-state index >= 15 is 0 Å². The largest absolute Gasteiger partial charge is 0.383 e. The number of nitrogens with zero attached hydrogens (tertiary/aromatic N) is 3. The summed E-state index contributed by atoms with van der Waals surface area (Å²) < 4.78 is 0. The minimum Gasteiger partial charge on any atom is -0.383 e. The maximum Gasteiger partial charge on any atom is 0.229 e. The number of fused-ring (bicyclic) bond motifs is 1. The molecular formula is C22H21N5O. The van der Waals surface area contributed by atoms with Crippen LogP contribution >= 0.6 is 0 Å². The van der Waals surface area contributed by atoms with Gasteiger partial charge in [-0.25, -0.2) is 9.97 Å². The lowest BCUT2D eigenvalue weighted by Crippen LogP contribution is -2.16. The number of pyridine rings is 2. The zero-order chi connectivity index (χ0) is 19.8. The number of aromatic nitrogens is 2. The maximum absolute atomic E-state index is 12.5. The summed E-state index contributed by atoms with van der Waals surface area (Å²) >= 11 is 0. The summed E-state index contributed by atoms with van der Waals surface area (Å²) in [6.45, 7) is 4.03. The second-order valence-electron chi connectivity index (χ2n) is 7.40. The summed E-state index contributed by atoms with van der Waals surface area (Å²) in [6.07, 6.45) is 2.05. The molecule has 1 saturated carbocycles. The van der Waals surface area contributed by atoms with Crippen LogP contribution in [0.4, 0.5) is 11.6 Å². The fourth-order valence-electron chi connectivity index (χ4n) is 3.85. The zero-order valence-corrected chi connectivity index (χ0v) is 15.8. The van der Waals surface area contributed by atoms with Gasteiger partial charge in [0.2, 0.25) is 5.91 Å². The summed E-state index contributed by atoms with van der Waals surface area (Å²) in [5.74, 6) is 1.05. The lowest BCUT2D eigenvalue weighted by Gasteiger charge is -2.10. The quantitative estimate of drug-likeness (QED) is 0.723. The molecule has 0 unspecified atom stereocenters. The van der Waals surface area contributed by atoms with Crippen molar-refractivity contribution in [2.24, 2.45) is 17.8 Å². The van der Waals surface area contributed by atoms with Gasteiger partial charge in [0.25, 0.3) is 0 Å². The molecule has 0 saturated heterocycles. The second kappa shape index (κ2) is 6.93. The van der Waals surface area contributed by atoms with Crippen molar-refractivity contribution in [2.45, 2.75) is 20.3 Å². The van der Waals surface area contributed by atoms with Gasteiger partial charge in [-0.3, -0.25) is 4.79 Å². The summed E-state index contributed by atoms with van der Waals surface area (Å²) in [7, 11) is 0. The molecule has 2 heterocycles. The van der Waals surface area contributed by atoms with Gasteiger partial charge in [0, 0.05) is 29.5 Å². The average molecular weight is 371 g/mol. The Morgan fingerprint density at radius 2 is 2.11 bits per heavy atom. The Morgan fingerprint density at radius 3 is 2.86 bits per heavy atom. The number of nitrogens with two attached hydrogens (primary N) is 1. The maximum atomic E-state index is 12.5. The monoisotopic (exact) mass is 371 g/mol. The number of rotatable bonds is 4. The molecule has 0 spiro atoms. The minimum absolute atomic E-state index is 0.0826. The third kappa shape index (κ3) is 3.16. The molecule has 1 aromatic carbocycles. The molecule has 0 radical (unpaired) electrons. The van der Waals surface area contributed by atoms with E-state index in [0.29, 0.717) is 18.1 Å². The number of benzene rings is 1. The van der Waals surface area contributed by atoms with E-state index in [1.807, 2.05) is 50.2 Å². The summed E-state index contributed by atoms with van der Waals surface area (Å²) in [4.78, 5) is 21.3. The molecule has 1 amide bonds. The van der Waals surface area contributed by atoms with Crippen molar-refractivity contribution < 1.29 is 4.79 Å². The smallest absolute Gasteiger partial charge is 0.229 e. The highest BCUT2D eigenvalue weighted by atomic mass is 16.2. The number of nitrogen functional groups attached to an aromatic ring is 1. The van der Waals surface area contributed by atoms with E-state index in [-0.39, 0.29) is 23.7 Å². The van der Waals surface area contributed by atoms with Gasteiger partial charge in [-0.1, -0.05) is 31.2 Å². The van der Waals surface area contributed by atoms with E-state index in [1.54, 1.807) is 6.20 Å². The van der Waals surface area contributed by atoms with Gasteiger partial charge in [-0.2, -0.15) is 5.26 Å². The number of carbonyl (C=O) groups excluding carboxylic acids is 1. The van der Waals surface area contributed by atoms with E-state index in [9.17, 15) is 4.79 Å². The Morgan fingerprint density at radius 1 is 1.32 bits per heavy atom. The van der Waals surface area contributed by atoms with Crippen LogP contribution in [0.2, 0.25) is 0 Å². The Bertz CT molecular complexity index is 1120. The van der Waals surface area contributed by atoms with Crippen molar-refractivity contribution in [1.82, 2.24) is 9.97 Å². The van der Waals surface area contributed by atoms with Crippen LogP contribution in [0.1, 0.15) is 18.9 Å². The van der Waals surface area contributed by atoms with Crippen LogP contribution < -0.4 is 11.1 Å². The van der Waals surface area contributed by atoms with E-state index in [1.165, 1.54) is 0 Å². The standard InChI is InChI=1S/C22H21N5O/c1-12-5-3-4-6-15(12)18-9-14-10-19(25-11-17(14)21(24)26-18)27-22(28)20-13(2)16(20)7-8-23/h3-6,9-11,13,16,20H,7H2,1-2H3,(H2,24,26)(H,25,27,28)/t13-,16-,20-/m0/s1. The third-order valence-corrected chi connectivity index (χ3v) is 5.61. The van der Waals surface area contributed by atoms with Gasteiger partial charge in [-0.05, 0) is 41.8 Å².